The number of carbonyl (C=O) groups excluding carboxylic acids is 1. The molecule has 1 spiro atoms. The summed E-state index contributed by atoms with van der Waals surface area (Å²) >= 11 is 3.16. The van der Waals surface area contributed by atoms with E-state index >= 15 is 0 Å². The summed E-state index contributed by atoms with van der Waals surface area (Å²) in [5, 5.41) is 2.92. The highest BCUT2D eigenvalue weighted by molar-refractivity contribution is 9.10. The molecule has 0 unspecified atom stereocenters. The molecule has 2 aliphatic rings. The number of nitrogens with zero attached hydrogens (tertiary/aromatic N) is 3. The van der Waals surface area contributed by atoms with Crippen LogP contribution in [0.3, 0.4) is 0 Å². The summed E-state index contributed by atoms with van der Waals surface area (Å²) in [6.45, 7) is 1.98. The number of amides is 1. The number of aromatic nitrogens is 2. The van der Waals surface area contributed by atoms with Gasteiger partial charge < -0.3 is 19.7 Å². The number of halogens is 4. The summed E-state index contributed by atoms with van der Waals surface area (Å²) < 4.78 is 46.8. The summed E-state index contributed by atoms with van der Waals surface area (Å²) in [6, 6.07) is 4.15. The quantitative estimate of drug-likeness (QED) is 0.718. The third-order valence-corrected chi connectivity index (χ3v) is 5.33. The van der Waals surface area contributed by atoms with E-state index in [4.69, 9.17) is 4.74 Å². The van der Waals surface area contributed by atoms with E-state index in [0.29, 0.717) is 35.4 Å². The van der Waals surface area contributed by atoms with E-state index in [0.717, 1.165) is 6.42 Å². The number of anilines is 1. The molecule has 1 aromatic carbocycles. The number of alkyl halides is 3. The Hall–Kier alpha value is -2.40. The monoisotopic (exact) mass is 472 g/mol. The van der Waals surface area contributed by atoms with Gasteiger partial charge in [0.1, 0.15) is 5.75 Å². The average Bonchev–Trinajstić information content (AvgIpc) is 2.56. The molecule has 7 nitrogen and oxygen atoms in total. The summed E-state index contributed by atoms with van der Waals surface area (Å²) in [5.74, 6) is -0.203. The van der Waals surface area contributed by atoms with Gasteiger partial charge in [-0.05, 0) is 30.2 Å². The third-order valence-electron chi connectivity index (χ3n) is 4.87. The minimum atomic E-state index is -4.77. The molecule has 2 saturated heterocycles. The standard InChI is InChI=1S/C18H16BrF3N4O3/c19-13-3-11(4-14(5-13)29-18(20,21)22)6-23-16-24-7-12(8-25-16)15(27)26-2-1-17(26)9-28-10-17/h3-5,7-8H,1-2,6,9-10H2,(H,23,24,25). The molecule has 29 heavy (non-hydrogen) atoms. The normalized spacial score (nSPS) is 17.4. The van der Waals surface area contributed by atoms with Crippen molar-refractivity contribution in [1.82, 2.24) is 14.9 Å². The molecule has 2 aliphatic heterocycles. The van der Waals surface area contributed by atoms with Gasteiger partial charge in [0.05, 0.1) is 24.3 Å². The Kier molecular flexibility index (Phi) is 5.11. The first kappa shape index (κ1) is 19.9. The number of hydrogen-bond acceptors (Lipinski definition) is 6. The second-order valence-corrected chi connectivity index (χ2v) is 7.83. The highest BCUT2D eigenvalue weighted by atomic mass is 79.9. The Bertz CT molecular complexity index is 914. The van der Waals surface area contributed by atoms with Crippen molar-refractivity contribution in [3.05, 3.63) is 46.2 Å². The summed E-state index contributed by atoms with van der Waals surface area (Å²) in [6.07, 6.45) is -0.964. The van der Waals surface area contributed by atoms with Gasteiger partial charge in [-0.15, -0.1) is 13.2 Å². The molecule has 2 fully saturated rings. The molecule has 11 heteroatoms. The molecule has 0 radical (unpaired) electrons. The topological polar surface area (TPSA) is 76.6 Å². The Morgan fingerprint density at radius 1 is 1.28 bits per heavy atom. The molecular weight excluding hydrogens is 457 g/mol. The van der Waals surface area contributed by atoms with Crippen LogP contribution in [0, 0.1) is 0 Å². The van der Waals surface area contributed by atoms with Crippen molar-refractivity contribution in [1.29, 1.82) is 0 Å². The molecule has 0 atom stereocenters. The van der Waals surface area contributed by atoms with Crippen LogP contribution in [0.1, 0.15) is 22.3 Å². The van der Waals surface area contributed by atoms with Gasteiger partial charge >= 0.3 is 6.36 Å². The largest absolute Gasteiger partial charge is 0.573 e. The van der Waals surface area contributed by atoms with Crippen LogP contribution in [0.25, 0.3) is 0 Å². The smallest absolute Gasteiger partial charge is 0.406 e. The molecule has 1 N–H and O–H groups in total. The van der Waals surface area contributed by atoms with E-state index < -0.39 is 6.36 Å². The van der Waals surface area contributed by atoms with E-state index in [1.165, 1.54) is 24.5 Å². The van der Waals surface area contributed by atoms with Crippen molar-refractivity contribution in [2.75, 3.05) is 25.1 Å². The predicted octanol–water partition coefficient (Wildman–Crippen LogP) is 3.36. The molecule has 0 saturated carbocycles. The fourth-order valence-electron chi connectivity index (χ4n) is 3.28. The maximum absolute atomic E-state index is 12.6. The van der Waals surface area contributed by atoms with Crippen molar-refractivity contribution in [2.24, 2.45) is 0 Å². The number of carbonyl (C=O) groups is 1. The first-order valence-corrected chi connectivity index (χ1v) is 9.54. The Morgan fingerprint density at radius 2 is 2.00 bits per heavy atom. The van der Waals surface area contributed by atoms with Crippen LogP contribution in [0.2, 0.25) is 0 Å². The molecule has 2 aromatic rings. The Balaban J connectivity index is 1.38. The third kappa shape index (κ3) is 4.30. The zero-order valence-electron chi connectivity index (χ0n) is 15.0. The molecule has 3 heterocycles. The van der Waals surface area contributed by atoms with Gasteiger partial charge in [-0.3, -0.25) is 4.79 Å². The molecule has 0 bridgehead atoms. The molecule has 1 aromatic heterocycles. The lowest BCUT2D eigenvalue weighted by Crippen LogP contribution is -2.72. The lowest BCUT2D eigenvalue weighted by atomic mass is 9.82. The van der Waals surface area contributed by atoms with Gasteiger partial charge in [0.25, 0.3) is 5.91 Å². The predicted molar refractivity (Wildman–Crippen MR) is 99.4 cm³/mol. The SMILES string of the molecule is O=C(c1cnc(NCc2cc(Br)cc(OC(F)(F)F)c2)nc1)N1CCC12COC2. The minimum absolute atomic E-state index is 0.132. The maximum atomic E-state index is 12.6. The molecule has 0 aliphatic carbocycles. The number of nitrogens with one attached hydrogen (secondary N) is 1. The molecular formula is C18H16BrF3N4O3. The first-order valence-electron chi connectivity index (χ1n) is 8.75. The van der Waals surface area contributed by atoms with Gasteiger partial charge in [0.15, 0.2) is 0 Å². The average molecular weight is 473 g/mol. The number of ether oxygens (including phenoxy) is 2. The zero-order valence-corrected chi connectivity index (χ0v) is 16.6. The highest BCUT2D eigenvalue weighted by Crippen LogP contribution is 2.38. The minimum Gasteiger partial charge on any atom is -0.406 e. The van der Waals surface area contributed by atoms with Crippen LogP contribution >= 0.6 is 15.9 Å². The lowest BCUT2D eigenvalue weighted by molar-refractivity contribution is -0.274. The van der Waals surface area contributed by atoms with Crippen LogP contribution in [0.4, 0.5) is 19.1 Å². The lowest BCUT2D eigenvalue weighted by Gasteiger charge is -2.57. The first-order chi connectivity index (χ1) is 13.7. The van der Waals surface area contributed by atoms with Crippen LogP contribution in [-0.2, 0) is 11.3 Å². The summed E-state index contributed by atoms with van der Waals surface area (Å²) in [5.41, 5.74) is 0.755. The Labute approximate surface area is 172 Å². The van der Waals surface area contributed by atoms with Gasteiger partial charge in [0.2, 0.25) is 5.95 Å². The number of hydrogen-bond donors (Lipinski definition) is 1. The van der Waals surface area contributed by atoms with Crippen LogP contribution in [-0.4, -0.2) is 52.4 Å². The maximum Gasteiger partial charge on any atom is 0.573 e. The highest BCUT2D eigenvalue weighted by Gasteiger charge is 2.53. The van der Waals surface area contributed by atoms with Gasteiger partial charge in [-0.2, -0.15) is 0 Å². The van der Waals surface area contributed by atoms with Gasteiger partial charge in [-0.1, -0.05) is 15.9 Å². The summed E-state index contributed by atoms with van der Waals surface area (Å²) in [7, 11) is 0. The number of rotatable bonds is 5. The van der Waals surface area contributed by atoms with Crippen LogP contribution in [0.15, 0.2) is 35.1 Å². The number of benzene rings is 1. The van der Waals surface area contributed by atoms with Crippen molar-refractivity contribution >= 4 is 27.8 Å². The van der Waals surface area contributed by atoms with Crippen molar-refractivity contribution in [2.45, 2.75) is 24.9 Å². The molecule has 4 rings (SSSR count). The number of likely N-dealkylation sites (tertiary alicyclic amines) is 1. The van der Waals surface area contributed by atoms with Crippen molar-refractivity contribution < 1.29 is 27.4 Å². The van der Waals surface area contributed by atoms with E-state index in [1.54, 1.807) is 11.0 Å². The van der Waals surface area contributed by atoms with Crippen LogP contribution < -0.4 is 10.1 Å². The fourth-order valence-corrected chi connectivity index (χ4v) is 3.80. The van der Waals surface area contributed by atoms with Gasteiger partial charge in [-0.25, -0.2) is 9.97 Å². The van der Waals surface area contributed by atoms with E-state index in [1.807, 2.05) is 0 Å². The molecule has 1 amide bonds. The zero-order chi connectivity index (χ0) is 20.6. The Morgan fingerprint density at radius 3 is 2.55 bits per heavy atom. The van der Waals surface area contributed by atoms with Crippen molar-refractivity contribution in [3.8, 4) is 5.75 Å². The second-order valence-electron chi connectivity index (χ2n) is 6.92. The van der Waals surface area contributed by atoms with E-state index in [9.17, 15) is 18.0 Å². The van der Waals surface area contributed by atoms with E-state index in [2.05, 4.69) is 36.0 Å². The second kappa shape index (κ2) is 7.45. The van der Waals surface area contributed by atoms with E-state index in [-0.39, 0.29) is 29.7 Å². The van der Waals surface area contributed by atoms with Crippen molar-refractivity contribution in [3.63, 3.8) is 0 Å². The van der Waals surface area contributed by atoms with Crippen LogP contribution in [0.5, 0.6) is 5.75 Å². The summed E-state index contributed by atoms with van der Waals surface area (Å²) in [4.78, 5) is 22.6. The molecule has 154 valence electrons. The fraction of sp³-hybridized carbons (Fsp3) is 0.389. The van der Waals surface area contributed by atoms with Gasteiger partial charge in [0, 0.05) is 30.0 Å².